The molecule has 1 aliphatic rings. The van der Waals surface area contributed by atoms with Crippen LogP contribution in [0.4, 0.5) is 8.78 Å². The summed E-state index contributed by atoms with van der Waals surface area (Å²) in [5.41, 5.74) is 1.38. The molecule has 1 saturated heterocycles. The molecule has 3 rings (SSSR count). The van der Waals surface area contributed by atoms with Crippen LogP contribution < -0.4 is 0 Å². The third-order valence-electron chi connectivity index (χ3n) is 6.20. The summed E-state index contributed by atoms with van der Waals surface area (Å²) in [6.07, 6.45) is -0.979. The van der Waals surface area contributed by atoms with Gasteiger partial charge in [-0.05, 0) is 54.4 Å². The van der Waals surface area contributed by atoms with Crippen LogP contribution in [-0.2, 0) is 17.8 Å². The molecule has 1 amide bonds. The third-order valence-corrected chi connectivity index (χ3v) is 6.20. The fourth-order valence-electron chi connectivity index (χ4n) is 4.65. The molecule has 0 saturated carbocycles. The minimum Gasteiger partial charge on any atom is -0.394 e. The van der Waals surface area contributed by atoms with Crippen LogP contribution in [0, 0.1) is 29.4 Å². The Labute approximate surface area is 187 Å². The molecule has 32 heavy (non-hydrogen) atoms. The number of carbonyl (C=O) groups is 1. The highest BCUT2D eigenvalue weighted by Crippen LogP contribution is 2.33. The molecule has 5 nitrogen and oxygen atoms in total. The Morgan fingerprint density at radius 1 is 1.06 bits per heavy atom. The van der Waals surface area contributed by atoms with Crippen molar-refractivity contribution in [2.24, 2.45) is 17.8 Å². The monoisotopic (exact) mass is 447 g/mol. The fourth-order valence-corrected chi connectivity index (χ4v) is 4.65. The molecule has 0 aliphatic carbocycles. The molecule has 0 bridgehead atoms. The lowest BCUT2D eigenvalue weighted by Gasteiger charge is -2.41. The highest BCUT2D eigenvalue weighted by molar-refractivity contribution is 5.80. The number of aliphatic hydroxyl groups is 3. The molecule has 0 spiro atoms. The zero-order valence-corrected chi connectivity index (χ0v) is 18.2. The average Bonchev–Trinajstić information content (AvgIpc) is 2.75. The average molecular weight is 448 g/mol. The summed E-state index contributed by atoms with van der Waals surface area (Å²) in [7, 11) is 0. The number of benzene rings is 2. The Bertz CT molecular complexity index is 875. The second-order valence-electron chi connectivity index (χ2n) is 8.93. The summed E-state index contributed by atoms with van der Waals surface area (Å²) >= 11 is 0. The first-order valence-electron chi connectivity index (χ1n) is 11.0. The van der Waals surface area contributed by atoms with Crippen molar-refractivity contribution < 1.29 is 28.9 Å². The van der Waals surface area contributed by atoms with Crippen LogP contribution in [0.15, 0.2) is 48.5 Å². The van der Waals surface area contributed by atoms with E-state index in [9.17, 15) is 28.9 Å². The van der Waals surface area contributed by atoms with Crippen LogP contribution in [0.3, 0.4) is 0 Å². The number of halogens is 2. The zero-order valence-electron chi connectivity index (χ0n) is 18.2. The number of rotatable bonds is 9. The van der Waals surface area contributed by atoms with Crippen LogP contribution in [0.5, 0.6) is 0 Å². The standard InChI is InChI=1S/C25H31F2NO4/c1-16(7-18-8-20(26)12-21(27)9-18)24(31)23-11-19(10-22(30)15-29)14-28(25(23)32)13-17-5-3-2-4-6-17/h2-6,8-9,12,16,19,22-24,29-31H,7,10-11,13-15H2,1H3/t16-,19+,22?,23?,24-/m0/s1. The van der Waals surface area contributed by atoms with Crippen molar-refractivity contribution in [1.29, 1.82) is 0 Å². The van der Waals surface area contributed by atoms with Gasteiger partial charge in [-0.3, -0.25) is 4.79 Å². The van der Waals surface area contributed by atoms with Gasteiger partial charge in [-0.1, -0.05) is 37.3 Å². The van der Waals surface area contributed by atoms with Gasteiger partial charge in [-0.15, -0.1) is 0 Å². The molecular weight excluding hydrogens is 416 g/mol. The van der Waals surface area contributed by atoms with Gasteiger partial charge in [0.05, 0.1) is 24.7 Å². The fraction of sp³-hybridized carbons (Fsp3) is 0.480. The van der Waals surface area contributed by atoms with E-state index in [1.807, 2.05) is 30.3 Å². The van der Waals surface area contributed by atoms with Gasteiger partial charge in [0.2, 0.25) is 5.91 Å². The molecule has 3 N–H and O–H groups in total. The maximum Gasteiger partial charge on any atom is 0.228 e. The molecule has 2 aromatic carbocycles. The number of aliphatic hydroxyl groups excluding tert-OH is 3. The van der Waals surface area contributed by atoms with E-state index in [0.29, 0.717) is 31.5 Å². The van der Waals surface area contributed by atoms with Crippen molar-refractivity contribution in [2.75, 3.05) is 13.2 Å². The number of hydrogen-bond donors (Lipinski definition) is 3. The largest absolute Gasteiger partial charge is 0.394 e. The van der Waals surface area contributed by atoms with Crippen LogP contribution in [0.1, 0.15) is 30.9 Å². The van der Waals surface area contributed by atoms with Gasteiger partial charge in [0.15, 0.2) is 0 Å². The lowest BCUT2D eigenvalue weighted by molar-refractivity contribution is -0.148. The number of carbonyl (C=O) groups excluding carboxylic acids is 1. The first-order chi connectivity index (χ1) is 15.3. The van der Waals surface area contributed by atoms with E-state index in [-0.39, 0.29) is 24.9 Å². The lowest BCUT2D eigenvalue weighted by Crippen LogP contribution is -2.50. The van der Waals surface area contributed by atoms with Crippen molar-refractivity contribution in [3.63, 3.8) is 0 Å². The SMILES string of the molecule is C[C@@H](Cc1cc(F)cc(F)c1)[C@H](O)C1C[C@@H](CC(O)CO)CN(Cc2ccccc2)C1=O. The molecule has 1 fully saturated rings. The van der Waals surface area contributed by atoms with E-state index < -0.39 is 35.7 Å². The van der Waals surface area contributed by atoms with Crippen LogP contribution >= 0.6 is 0 Å². The van der Waals surface area contributed by atoms with Crippen molar-refractivity contribution >= 4 is 5.91 Å². The topological polar surface area (TPSA) is 81.0 Å². The Balaban J connectivity index is 1.76. The number of piperidine rings is 1. The molecule has 2 aromatic rings. The van der Waals surface area contributed by atoms with Crippen molar-refractivity contribution in [3.05, 3.63) is 71.3 Å². The van der Waals surface area contributed by atoms with E-state index in [1.165, 1.54) is 12.1 Å². The number of amides is 1. The van der Waals surface area contributed by atoms with Gasteiger partial charge in [0.25, 0.3) is 0 Å². The molecule has 174 valence electrons. The summed E-state index contributed by atoms with van der Waals surface area (Å²) in [5.74, 6) is -2.72. The molecule has 5 atom stereocenters. The third kappa shape index (κ3) is 6.34. The quantitative estimate of drug-likeness (QED) is 0.552. The Kier molecular flexibility index (Phi) is 8.34. The van der Waals surface area contributed by atoms with Crippen molar-refractivity contribution in [3.8, 4) is 0 Å². The predicted octanol–water partition coefficient (Wildman–Crippen LogP) is 2.91. The van der Waals surface area contributed by atoms with Gasteiger partial charge < -0.3 is 20.2 Å². The Morgan fingerprint density at radius 3 is 2.34 bits per heavy atom. The van der Waals surface area contributed by atoms with Gasteiger partial charge in [-0.2, -0.15) is 0 Å². The van der Waals surface area contributed by atoms with E-state index in [0.717, 1.165) is 11.6 Å². The molecular formula is C25H31F2NO4. The second-order valence-corrected chi connectivity index (χ2v) is 8.93. The van der Waals surface area contributed by atoms with E-state index in [4.69, 9.17) is 0 Å². The summed E-state index contributed by atoms with van der Waals surface area (Å²) in [4.78, 5) is 15.0. The molecule has 0 aromatic heterocycles. The minimum atomic E-state index is -1.01. The second kappa shape index (κ2) is 11.0. The first-order valence-corrected chi connectivity index (χ1v) is 11.0. The molecule has 1 aliphatic heterocycles. The number of likely N-dealkylation sites (tertiary alicyclic amines) is 1. The maximum atomic E-state index is 13.6. The van der Waals surface area contributed by atoms with Gasteiger partial charge in [-0.25, -0.2) is 8.78 Å². The number of hydrogen-bond acceptors (Lipinski definition) is 4. The summed E-state index contributed by atoms with van der Waals surface area (Å²) in [6.45, 7) is 2.21. The molecule has 7 heteroatoms. The highest BCUT2D eigenvalue weighted by Gasteiger charge is 2.40. The van der Waals surface area contributed by atoms with Gasteiger partial charge >= 0.3 is 0 Å². The van der Waals surface area contributed by atoms with Gasteiger partial charge in [0, 0.05) is 19.2 Å². The zero-order chi connectivity index (χ0) is 23.3. The molecule has 1 heterocycles. The normalized spacial score (nSPS) is 21.9. The van der Waals surface area contributed by atoms with Crippen LogP contribution in [0.25, 0.3) is 0 Å². The van der Waals surface area contributed by atoms with Gasteiger partial charge in [0.1, 0.15) is 11.6 Å². The minimum absolute atomic E-state index is 0.0861. The van der Waals surface area contributed by atoms with Crippen LogP contribution in [0.2, 0.25) is 0 Å². The van der Waals surface area contributed by atoms with Crippen molar-refractivity contribution in [1.82, 2.24) is 4.90 Å². The number of nitrogens with zero attached hydrogens (tertiary/aromatic N) is 1. The van der Waals surface area contributed by atoms with E-state index in [1.54, 1.807) is 11.8 Å². The smallest absolute Gasteiger partial charge is 0.228 e. The predicted molar refractivity (Wildman–Crippen MR) is 116 cm³/mol. The van der Waals surface area contributed by atoms with Crippen LogP contribution in [-0.4, -0.2) is 51.5 Å². The van der Waals surface area contributed by atoms with E-state index in [2.05, 4.69) is 0 Å². The summed E-state index contributed by atoms with van der Waals surface area (Å²) in [6, 6.07) is 12.8. The Hall–Kier alpha value is -2.35. The molecule has 2 unspecified atom stereocenters. The lowest BCUT2D eigenvalue weighted by atomic mass is 9.77. The summed E-state index contributed by atoms with van der Waals surface area (Å²) in [5, 5.41) is 30.3. The Morgan fingerprint density at radius 2 is 1.72 bits per heavy atom. The molecule has 0 radical (unpaired) electrons. The maximum absolute atomic E-state index is 13.6. The summed E-state index contributed by atoms with van der Waals surface area (Å²) < 4.78 is 27.1. The first kappa shape index (κ1) is 24.3. The van der Waals surface area contributed by atoms with E-state index >= 15 is 0 Å². The highest BCUT2D eigenvalue weighted by atomic mass is 19.1. The van der Waals surface area contributed by atoms with Crippen molar-refractivity contribution in [2.45, 2.75) is 44.9 Å².